The lowest BCUT2D eigenvalue weighted by Crippen LogP contribution is -2.76. The molecule has 0 amide bonds. The highest BCUT2D eigenvalue weighted by Crippen LogP contribution is 2.32. The number of carbonyl (C=O) groups excluding carboxylic acids is 4. The molecule has 0 saturated carbocycles. The molecule has 0 aliphatic carbocycles. The summed E-state index contributed by atoms with van der Waals surface area (Å²) in [6, 6.07) is -2.07. The van der Waals surface area contributed by atoms with Crippen molar-refractivity contribution in [3.05, 3.63) is 0 Å². The third-order valence-electron chi connectivity index (χ3n) is 3.43. The van der Waals surface area contributed by atoms with Crippen molar-refractivity contribution >= 4 is 23.6 Å². The lowest BCUT2D eigenvalue weighted by molar-refractivity contribution is -0.218. The van der Waals surface area contributed by atoms with Gasteiger partial charge in [0.15, 0.2) is 28.6 Å². The summed E-state index contributed by atoms with van der Waals surface area (Å²) >= 11 is 0. The van der Waals surface area contributed by atoms with Crippen molar-refractivity contribution in [1.29, 1.82) is 0 Å². The molecule has 0 saturated heterocycles. The fourth-order valence-corrected chi connectivity index (χ4v) is 2.01. The SMILES string of the molecule is CC(=O)C(O)[C@@H](O)[C@](O)(C(C)=O)[C@@](O)(C(C)=O)[C@@H](N)C=O. The van der Waals surface area contributed by atoms with Gasteiger partial charge in [0, 0.05) is 0 Å². The number of aliphatic hydroxyl groups is 4. The van der Waals surface area contributed by atoms with Gasteiger partial charge in [-0.05, 0) is 20.8 Å². The summed E-state index contributed by atoms with van der Waals surface area (Å²) in [6.45, 7) is 2.27. The highest BCUT2D eigenvalue weighted by Gasteiger charge is 2.65. The summed E-state index contributed by atoms with van der Waals surface area (Å²) in [6.07, 6.45) is -4.95. The molecule has 0 aromatic carbocycles. The minimum atomic E-state index is -3.34. The standard InChI is InChI=1S/C12H19NO8/c1-5(15)9(18)10(19)12(21,7(3)17)11(20,6(2)16)8(13)4-14/h4,8-10,18-21H,13H2,1-3H3/t8-,9?,10+,11+,12+/m0/s1. The molecule has 0 aliphatic rings. The van der Waals surface area contributed by atoms with Gasteiger partial charge in [-0.1, -0.05) is 0 Å². The summed E-state index contributed by atoms with van der Waals surface area (Å²) in [5.74, 6) is -3.69. The zero-order chi connectivity index (χ0) is 17.2. The van der Waals surface area contributed by atoms with Gasteiger partial charge in [0.05, 0.1) is 0 Å². The zero-order valence-corrected chi connectivity index (χ0v) is 11.8. The Morgan fingerprint density at radius 1 is 1.00 bits per heavy atom. The predicted molar refractivity (Wildman–Crippen MR) is 68.0 cm³/mol. The molecular formula is C12H19NO8. The van der Waals surface area contributed by atoms with E-state index in [1.54, 1.807) is 0 Å². The molecule has 0 bridgehead atoms. The lowest BCUT2D eigenvalue weighted by Gasteiger charge is -2.45. The first-order valence-corrected chi connectivity index (χ1v) is 5.93. The molecule has 0 aliphatic heterocycles. The quantitative estimate of drug-likeness (QED) is 0.284. The molecule has 5 atom stereocenters. The van der Waals surface area contributed by atoms with Crippen molar-refractivity contribution < 1.29 is 39.6 Å². The Balaban J connectivity index is 6.29. The number of nitrogens with two attached hydrogens (primary N) is 1. The van der Waals surface area contributed by atoms with Crippen LogP contribution in [0.2, 0.25) is 0 Å². The fourth-order valence-electron chi connectivity index (χ4n) is 2.01. The van der Waals surface area contributed by atoms with Gasteiger partial charge in [-0.3, -0.25) is 14.4 Å². The maximum atomic E-state index is 11.7. The van der Waals surface area contributed by atoms with Crippen LogP contribution in [0.1, 0.15) is 20.8 Å². The number of ketones is 3. The second kappa shape index (κ2) is 6.50. The normalized spacial score (nSPS) is 21.3. The van der Waals surface area contributed by atoms with Crippen LogP contribution in [-0.4, -0.2) is 73.5 Å². The van der Waals surface area contributed by atoms with E-state index in [1.807, 2.05) is 0 Å². The number of hydrogen-bond donors (Lipinski definition) is 5. The Labute approximate surface area is 120 Å². The average molecular weight is 305 g/mol. The molecule has 0 aromatic heterocycles. The molecule has 1 unspecified atom stereocenters. The first kappa shape index (κ1) is 19.5. The van der Waals surface area contributed by atoms with E-state index in [9.17, 15) is 39.6 Å². The van der Waals surface area contributed by atoms with Crippen LogP contribution in [0.25, 0.3) is 0 Å². The summed E-state index contributed by atoms with van der Waals surface area (Å²) < 4.78 is 0. The first-order valence-electron chi connectivity index (χ1n) is 5.93. The summed E-state index contributed by atoms with van der Waals surface area (Å²) in [7, 11) is 0. The average Bonchev–Trinajstić information content (AvgIpc) is 2.41. The Morgan fingerprint density at radius 3 is 1.62 bits per heavy atom. The van der Waals surface area contributed by atoms with E-state index in [4.69, 9.17) is 5.73 Å². The number of aldehydes is 1. The second-order valence-corrected chi connectivity index (χ2v) is 4.81. The van der Waals surface area contributed by atoms with Crippen molar-refractivity contribution in [3.63, 3.8) is 0 Å². The minimum Gasteiger partial charge on any atom is -0.386 e. The summed E-state index contributed by atoms with van der Waals surface area (Å²) in [4.78, 5) is 45.2. The van der Waals surface area contributed by atoms with Crippen LogP contribution < -0.4 is 5.73 Å². The highest BCUT2D eigenvalue weighted by molar-refractivity contribution is 6.01. The third-order valence-corrected chi connectivity index (χ3v) is 3.43. The number of carbonyl (C=O) groups is 4. The van der Waals surface area contributed by atoms with Crippen LogP contribution in [0.4, 0.5) is 0 Å². The molecule has 120 valence electrons. The molecule has 0 heterocycles. The van der Waals surface area contributed by atoms with Gasteiger partial charge >= 0.3 is 0 Å². The Kier molecular flexibility index (Phi) is 6.03. The monoisotopic (exact) mass is 305 g/mol. The molecule has 0 rings (SSSR count). The maximum absolute atomic E-state index is 11.7. The van der Waals surface area contributed by atoms with E-state index in [0.29, 0.717) is 6.92 Å². The van der Waals surface area contributed by atoms with Gasteiger partial charge in [-0.15, -0.1) is 0 Å². The summed E-state index contributed by atoms with van der Waals surface area (Å²) in [5.41, 5.74) is -1.29. The van der Waals surface area contributed by atoms with Gasteiger partial charge in [-0.25, -0.2) is 0 Å². The maximum Gasteiger partial charge on any atom is 0.189 e. The third kappa shape index (κ3) is 2.92. The summed E-state index contributed by atoms with van der Waals surface area (Å²) in [5, 5.41) is 40.0. The van der Waals surface area contributed by atoms with Crippen LogP contribution in [0.3, 0.4) is 0 Å². The Bertz CT molecular complexity index is 464. The van der Waals surface area contributed by atoms with Crippen molar-refractivity contribution in [2.75, 3.05) is 0 Å². The van der Waals surface area contributed by atoms with E-state index in [2.05, 4.69) is 0 Å². The van der Waals surface area contributed by atoms with Crippen molar-refractivity contribution in [2.45, 2.75) is 50.2 Å². The van der Waals surface area contributed by atoms with Crippen LogP contribution in [-0.2, 0) is 19.2 Å². The van der Waals surface area contributed by atoms with Crippen LogP contribution >= 0.6 is 0 Å². The van der Waals surface area contributed by atoms with E-state index >= 15 is 0 Å². The molecule has 0 fully saturated rings. The van der Waals surface area contributed by atoms with Gasteiger partial charge in [0.25, 0.3) is 0 Å². The molecule has 6 N–H and O–H groups in total. The number of hydrogen-bond acceptors (Lipinski definition) is 9. The highest BCUT2D eigenvalue weighted by atomic mass is 16.4. The largest absolute Gasteiger partial charge is 0.386 e. The molecule has 0 radical (unpaired) electrons. The minimum absolute atomic E-state index is 0.109. The molecule has 9 heteroatoms. The second-order valence-electron chi connectivity index (χ2n) is 4.81. The number of rotatable bonds is 8. The van der Waals surface area contributed by atoms with Crippen molar-refractivity contribution in [3.8, 4) is 0 Å². The van der Waals surface area contributed by atoms with Gasteiger partial charge < -0.3 is 31.0 Å². The van der Waals surface area contributed by atoms with Crippen molar-refractivity contribution in [1.82, 2.24) is 0 Å². The first-order chi connectivity index (χ1) is 9.38. The number of Topliss-reactive ketones (excluding diaryl/α,β-unsaturated/α-hetero) is 3. The molecule has 9 nitrogen and oxygen atoms in total. The smallest absolute Gasteiger partial charge is 0.189 e. The predicted octanol–water partition coefficient (Wildman–Crippen LogP) is -3.54. The Hall–Kier alpha value is -1.52. The van der Waals surface area contributed by atoms with Crippen LogP contribution in [0.15, 0.2) is 0 Å². The van der Waals surface area contributed by atoms with E-state index in [0.717, 1.165) is 13.8 Å². The molecule has 21 heavy (non-hydrogen) atoms. The van der Waals surface area contributed by atoms with Gasteiger partial charge in [0.2, 0.25) is 0 Å². The van der Waals surface area contributed by atoms with E-state index in [1.165, 1.54) is 0 Å². The Morgan fingerprint density at radius 2 is 1.38 bits per heavy atom. The van der Waals surface area contributed by atoms with E-state index < -0.39 is 46.8 Å². The van der Waals surface area contributed by atoms with Crippen LogP contribution in [0.5, 0.6) is 0 Å². The topological polar surface area (TPSA) is 175 Å². The lowest BCUT2D eigenvalue weighted by atomic mass is 9.68. The fraction of sp³-hybridized carbons (Fsp3) is 0.667. The van der Waals surface area contributed by atoms with Crippen molar-refractivity contribution in [2.24, 2.45) is 5.73 Å². The number of aliphatic hydroxyl groups excluding tert-OH is 2. The van der Waals surface area contributed by atoms with E-state index in [-0.39, 0.29) is 6.29 Å². The van der Waals surface area contributed by atoms with Gasteiger partial charge in [-0.2, -0.15) is 0 Å². The molecule has 0 spiro atoms. The zero-order valence-electron chi connectivity index (χ0n) is 11.8. The van der Waals surface area contributed by atoms with Crippen LogP contribution in [0, 0.1) is 0 Å². The molecule has 0 aromatic rings. The van der Waals surface area contributed by atoms with Gasteiger partial charge in [0.1, 0.15) is 24.5 Å². The molecular weight excluding hydrogens is 286 g/mol.